The third-order valence-electron chi connectivity index (χ3n) is 7.19. The number of hydrogen-bond donors (Lipinski definition) is 3. The largest absolute Gasteiger partial charge is 0.504 e. The number of rotatable bonds is 5. The van der Waals surface area contributed by atoms with Gasteiger partial charge >= 0.3 is 0 Å². The highest BCUT2D eigenvalue weighted by molar-refractivity contribution is 6.01. The molecule has 6 rings (SSSR count). The monoisotopic (exact) mass is 520 g/mol. The average Bonchev–Trinajstić information content (AvgIpc) is 3.42. The van der Waals surface area contributed by atoms with Gasteiger partial charge in [0.1, 0.15) is 5.82 Å². The van der Waals surface area contributed by atoms with Gasteiger partial charge in [-0.1, -0.05) is 48.5 Å². The van der Waals surface area contributed by atoms with Crippen LogP contribution in [0.2, 0.25) is 0 Å². The number of aromatic hydroxyl groups is 2. The van der Waals surface area contributed by atoms with E-state index < -0.39 is 0 Å². The Balaban J connectivity index is 1.19. The van der Waals surface area contributed by atoms with Crippen molar-refractivity contribution in [1.82, 2.24) is 14.9 Å². The molecule has 39 heavy (non-hydrogen) atoms. The van der Waals surface area contributed by atoms with E-state index in [1.54, 1.807) is 6.07 Å². The molecule has 0 bridgehead atoms. The highest BCUT2D eigenvalue weighted by Gasteiger charge is 2.24. The van der Waals surface area contributed by atoms with E-state index in [2.05, 4.69) is 9.88 Å². The molecule has 0 aliphatic carbocycles. The van der Waals surface area contributed by atoms with E-state index in [9.17, 15) is 15.0 Å². The number of aromatic amines is 1. The van der Waals surface area contributed by atoms with Gasteiger partial charge in [-0.25, -0.2) is 4.98 Å². The number of phenolic OH excluding ortho intramolecular Hbond substituents is 2. The lowest BCUT2D eigenvalue weighted by molar-refractivity contribution is 0.0747. The van der Waals surface area contributed by atoms with Gasteiger partial charge in [-0.2, -0.15) is 0 Å². The predicted octanol–water partition coefficient (Wildman–Crippen LogP) is 5.28. The summed E-state index contributed by atoms with van der Waals surface area (Å²) >= 11 is 0. The number of methoxy groups -OCH3 is 1. The molecule has 1 aliphatic rings. The van der Waals surface area contributed by atoms with Crippen LogP contribution in [0.1, 0.15) is 10.4 Å². The fraction of sp³-hybridized carbons (Fsp3) is 0.161. The molecule has 0 atom stereocenters. The van der Waals surface area contributed by atoms with Gasteiger partial charge in [-0.3, -0.25) is 4.79 Å². The topological polar surface area (TPSA) is 102 Å². The van der Waals surface area contributed by atoms with Crippen molar-refractivity contribution in [2.45, 2.75) is 0 Å². The summed E-state index contributed by atoms with van der Waals surface area (Å²) in [7, 11) is 1.43. The van der Waals surface area contributed by atoms with Gasteiger partial charge in [0.05, 0.1) is 18.1 Å². The van der Waals surface area contributed by atoms with E-state index in [0.29, 0.717) is 37.6 Å². The first-order valence-electron chi connectivity index (χ1n) is 12.8. The van der Waals surface area contributed by atoms with E-state index in [4.69, 9.17) is 9.72 Å². The number of nitrogens with one attached hydrogen (secondary N) is 1. The maximum Gasteiger partial charge on any atom is 0.254 e. The normalized spacial score (nSPS) is 13.6. The number of carbonyl (C=O) groups is 1. The minimum atomic E-state index is -0.305. The zero-order valence-corrected chi connectivity index (χ0v) is 21.5. The van der Waals surface area contributed by atoms with Crippen molar-refractivity contribution in [1.29, 1.82) is 0 Å². The van der Waals surface area contributed by atoms with Gasteiger partial charge < -0.3 is 29.7 Å². The third kappa shape index (κ3) is 4.61. The van der Waals surface area contributed by atoms with Crippen molar-refractivity contribution >= 4 is 22.6 Å². The molecular weight excluding hydrogens is 492 g/mol. The van der Waals surface area contributed by atoms with Crippen LogP contribution in [0.5, 0.6) is 17.2 Å². The Morgan fingerprint density at radius 1 is 0.872 bits per heavy atom. The van der Waals surface area contributed by atoms with Gasteiger partial charge in [-0.15, -0.1) is 0 Å². The summed E-state index contributed by atoms with van der Waals surface area (Å²) in [5, 5.41) is 20.0. The van der Waals surface area contributed by atoms with Crippen LogP contribution in [-0.4, -0.2) is 64.3 Å². The molecule has 4 aromatic carbocycles. The molecule has 2 heterocycles. The number of carbonyl (C=O) groups excluding carboxylic acids is 1. The number of hydrogen-bond acceptors (Lipinski definition) is 6. The Bertz CT molecular complexity index is 1660. The Kier molecular flexibility index (Phi) is 6.28. The van der Waals surface area contributed by atoms with Gasteiger partial charge in [0.15, 0.2) is 11.5 Å². The SMILES string of the molecule is COc1cc(-c2nc3cc(N4CCN(C(=O)c5ccccc5-c5ccccc5)CC4)ccc3[nH]2)cc(O)c1O. The number of nitrogens with zero attached hydrogens (tertiary/aromatic N) is 3. The quantitative estimate of drug-likeness (QED) is 0.273. The molecule has 196 valence electrons. The van der Waals surface area contributed by atoms with Crippen LogP contribution in [0.25, 0.3) is 33.5 Å². The average molecular weight is 521 g/mol. The molecule has 0 saturated carbocycles. The van der Waals surface area contributed by atoms with Crippen LogP contribution >= 0.6 is 0 Å². The predicted molar refractivity (Wildman–Crippen MR) is 151 cm³/mol. The third-order valence-corrected chi connectivity index (χ3v) is 7.19. The van der Waals surface area contributed by atoms with Crippen LogP contribution in [0.4, 0.5) is 5.69 Å². The zero-order chi connectivity index (χ0) is 26.9. The van der Waals surface area contributed by atoms with Crippen LogP contribution in [0.3, 0.4) is 0 Å². The van der Waals surface area contributed by atoms with Crippen LogP contribution in [-0.2, 0) is 0 Å². The molecule has 1 aromatic heterocycles. The van der Waals surface area contributed by atoms with Gasteiger partial charge in [-0.05, 0) is 47.5 Å². The first kappa shape index (κ1) is 24.4. The number of anilines is 1. The molecule has 5 aromatic rings. The van der Waals surface area contributed by atoms with Crippen molar-refractivity contribution in [3.8, 4) is 39.8 Å². The molecule has 0 unspecified atom stereocenters. The fourth-order valence-corrected chi connectivity index (χ4v) is 5.09. The summed E-state index contributed by atoms with van der Waals surface area (Å²) in [5.74, 6) is 0.201. The molecule has 1 amide bonds. The Hall–Kier alpha value is -4.98. The Labute approximate surface area is 225 Å². The summed E-state index contributed by atoms with van der Waals surface area (Å²) in [6.45, 7) is 2.67. The molecule has 0 radical (unpaired) electrons. The second-order valence-corrected chi connectivity index (χ2v) is 9.52. The van der Waals surface area contributed by atoms with E-state index in [0.717, 1.165) is 33.4 Å². The van der Waals surface area contributed by atoms with Crippen LogP contribution < -0.4 is 9.64 Å². The number of fused-ring (bicyclic) bond motifs is 1. The summed E-state index contributed by atoms with van der Waals surface area (Å²) < 4.78 is 5.16. The zero-order valence-electron chi connectivity index (χ0n) is 21.5. The number of amides is 1. The number of H-pyrrole nitrogens is 1. The number of imidazole rings is 1. The summed E-state index contributed by atoms with van der Waals surface area (Å²) in [6, 6.07) is 26.9. The molecule has 1 aliphatic heterocycles. The van der Waals surface area contributed by atoms with E-state index in [1.807, 2.05) is 77.7 Å². The number of piperazine rings is 1. The summed E-state index contributed by atoms with van der Waals surface area (Å²) in [6.07, 6.45) is 0. The van der Waals surface area contributed by atoms with E-state index in [1.165, 1.54) is 13.2 Å². The van der Waals surface area contributed by atoms with Gasteiger partial charge in [0.25, 0.3) is 5.91 Å². The van der Waals surface area contributed by atoms with Gasteiger partial charge in [0, 0.05) is 43.0 Å². The second kappa shape index (κ2) is 10.1. The van der Waals surface area contributed by atoms with Gasteiger partial charge in [0.2, 0.25) is 5.75 Å². The molecule has 8 heteroatoms. The first-order valence-corrected chi connectivity index (χ1v) is 12.8. The fourth-order valence-electron chi connectivity index (χ4n) is 5.09. The van der Waals surface area contributed by atoms with Crippen molar-refractivity contribution in [2.24, 2.45) is 0 Å². The lowest BCUT2D eigenvalue weighted by atomic mass is 9.98. The molecule has 0 spiro atoms. The van der Waals surface area contributed by atoms with Crippen molar-refractivity contribution in [3.63, 3.8) is 0 Å². The Morgan fingerprint density at radius 2 is 1.62 bits per heavy atom. The first-order chi connectivity index (χ1) is 19.0. The smallest absolute Gasteiger partial charge is 0.254 e. The number of benzene rings is 4. The number of ether oxygens (including phenoxy) is 1. The highest BCUT2D eigenvalue weighted by Crippen LogP contribution is 2.39. The standard InChI is InChI=1S/C31H28N4O4/c1-39-28-18-21(17-27(36)29(28)37)30-32-25-12-11-22(19-26(25)33-30)34-13-15-35(16-14-34)31(38)24-10-6-5-9-23(24)20-7-3-2-4-8-20/h2-12,17-19,36-37H,13-16H2,1H3,(H,32,33). The number of phenols is 2. The van der Waals surface area contributed by atoms with Crippen LogP contribution in [0.15, 0.2) is 84.9 Å². The molecular formula is C31H28N4O4. The Morgan fingerprint density at radius 3 is 2.38 bits per heavy atom. The van der Waals surface area contributed by atoms with E-state index >= 15 is 0 Å². The highest BCUT2D eigenvalue weighted by atomic mass is 16.5. The number of aromatic nitrogens is 2. The molecule has 8 nitrogen and oxygen atoms in total. The molecule has 1 fully saturated rings. The molecule has 1 saturated heterocycles. The lowest BCUT2D eigenvalue weighted by Gasteiger charge is -2.36. The second-order valence-electron chi connectivity index (χ2n) is 9.52. The maximum atomic E-state index is 13.5. The maximum absolute atomic E-state index is 13.5. The minimum absolute atomic E-state index is 0.0501. The van der Waals surface area contributed by atoms with Crippen molar-refractivity contribution < 1.29 is 19.7 Å². The molecule has 3 N–H and O–H groups in total. The van der Waals surface area contributed by atoms with E-state index in [-0.39, 0.29) is 23.2 Å². The minimum Gasteiger partial charge on any atom is -0.504 e. The summed E-state index contributed by atoms with van der Waals surface area (Å²) in [5.41, 5.74) is 5.97. The van der Waals surface area contributed by atoms with Crippen molar-refractivity contribution in [3.05, 3.63) is 90.5 Å². The van der Waals surface area contributed by atoms with Crippen LogP contribution in [0, 0.1) is 0 Å². The van der Waals surface area contributed by atoms with Crippen molar-refractivity contribution in [2.75, 3.05) is 38.2 Å². The lowest BCUT2D eigenvalue weighted by Crippen LogP contribution is -2.48. The summed E-state index contributed by atoms with van der Waals surface area (Å²) in [4.78, 5) is 25.7.